The van der Waals surface area contributed by atoms with Crippen molar-refractivity contribution in [3.05, 3.63) is 40.0 Å². The SMILES string of the molecule is Cc1ccoc1/C=C/[N+](=O)[O-]. The van der Waals surface area contributed by atoms with E-state index in [4.69, 9.17) is 4.42 Å². The molecule has 0 bridgehead atoms. The van der Waals surface area contributed by atoms with E-state index in [9.17, 15) is 10.1 Å². The summed E-state index contributed by atoms with van der Waals surface area (Å²) in [5, 5.41) is 9.88. The van der Waals surface area contributed by atoms with Gasteiger partial charge in [-0.3, -0.25) is 10.1 Å². The smallest absolute Gasteiger partial charge is 0.238 e. The molecule has 1 heterocycles. The Morgan fingerprint density at radius 2 is 2.45 bits per heavy atom. The molecule has 58 valence electrons. The van der Waals surface area contributed by atoms with Crippen molar-refractivity contribution in [3.8, 4) is 0 Å². The maximum Gasteiger partial charge on any atom is 0.238 e. The van der Waals surface area contributed by atoms with Crippen molar-refractivity contribution in [1.82, 2.24) is 0 Å². The minimum Gasteiger partial charge on any atom is -0.464 e. The van der Waals surface area contributed by atoms with E-state index in [1.165, 1.54) is 12.3 Å². The van der Waals surface area contributed by atoms with Crippen LogP contribution in [-0.4, -0.2) is 4.92 Å². The summed E-state index contributed by atoms with van der Waals surface area (Å²) < 4.78 is 4.92. The zero-order valence-corrected chi connectivity index (χ0v) is 5.98. The van der Waals surface area contributed by atoms with Crippen molar-refractivity contribution in [1.29, 1.82) is 0 Å². The van der Waals surface area contributed by atoms with Gasteiger partial charge < -0.3 is 4.42 Å². The summed E-state index contributed by atoms with van der Waals surface area (Å²) in [7, 11) is 0. The molecule has 0 aromatic carbocycles. The molecule has 1 aromatic rings. The molecule has 1 aromatic heterocycles. The zero-order valence-electron chi connectivity index (χ0n) is 5.98. The van der Waals surface area contributed by atoms with Gasteiger partial charge in [0.1, 0.15) is 5.76 Å². The van der Waals surface area contributed by atoms with E-state index < -0.39 is 4.92 Å². The van der Waals surface area contributed by atoms with Crippen LogP contribution < -0.4 is 0 Å². The summed E-state index contributed by atoms with van der Waals surface area (Å²) in [6.07, 6.45) is 3.68. The van der Waals surface area contributed by atoms with Gasteiger partial charge in [0.05, 0.1) is 17.3 Å². The Labute approximate surface area is 63.3 Å². The van der Waals surface area contributed by atoms with Crippen LogP contribution in [0.2, 0.25) is 0 Å². The van der Waals surface area contributed by atoms with Gasteiger partial charge in [0, 0.05) is 0 Å². The Hall–Kier alpha value is -1.58. The number of hydrogen-bond acceptors (Lipinski definition) is 3. The number of nitro groups is 1. The third kappa shape index (κ3) is 1.93. The quantitative estimate of drug-likeness (QED) is 0.481. The van der Waals surface area contributed by atoms with Crippen LogP contribution >= 0.6 is 0 Å². The van der Waals surface area contributed by atoms with Gasteiger partial charge in [-0.25, -0.2) is 0 Å². The molecule has 11 heavy (non-hydrogen) atoms. The molecule has 4 heteroatoms. The van der Waals surface area contributed by atoms with E-state index in [0.717, 1.165) is 11.8 Å². The lowest BCUT2D eigenvalue weighted by Crippen LogP contribution is -1.81. The van der Waals surface area contributed by atoms with Crippen LogP contribution in [-0.2, 0) is 0 Å². The van der Waals surface area contributed by atoms with Crippen molar-refractivity contribution < 1.29 is 9.34 Å². The van der Waals surface area contributed by atoms with E-state index in [2.05, 4.69) is 0 Å². The van der Waals surface area contributed by atoms with E-state index in [1.54, 1.807) is 6.07 Å². The average Bonchev–Trinajstić information content (AvgIpc) is 2.31. The fourth-order valence-electron chi connectivity index (χ4n) is 0.684. The molecular weight excluding hydrogens is 146 g/mol. The highest BCUT2D eigenvalue weighted by Crippen LogP contribution is 2.09. The second-order valence-electron chi connectivity index (χ2n) is 2.07. The summed E-state index contributed by atoms with van der Waals surface area (Å²) in [4.78, 5) is 9.36. The van der Waals surface area contributed by atoms with Gasteiger partial charge in [0.15, 0.2) is 0 Å². The number of nitrogens with zero attached hydrogens (tertiary/aromatic N) is 1. The van der Waals surface area contributed by atoms with Crippen LogP contribution in [0.5, 0.6) is 0 Å². The van der Waals surface area contributed by atoms with Crippen LogP contribution in [0, 0.1) is 17.0 Å². The molecule has 1 rings (SSSR count). The predicted octanol–water partition coefficient (Wildman–Crippen LogP) is 1.84. The average molecular weight is 153 g/mol. The van der Waals surface area contributed by atoms with Crippen LogP contribution in [0.1, 0.15) is 11.3 Å². The lowest BCUT2D eigenvalue weighted by Gasteiger charge is -1.83. The molecule has 0 aliphatic rings. The largest absolute Gasteiger partial charge is 0.464 e. The lowest BCUT2D eigenvalue weighted by atomic mass is 10.3. The molecule has 0 aliphatic carbocycles. The van der Waals surface area contributed by atoms with Crippen LogP contribution in [0.3, 0.4) is 0 Å². The summed E-state index contributed by atoms with van der Waals surface area (Å²) in [6.45, 7) is 1.82. The molecule has 4 nitrogen and oxygen atoms in total. The van der Waals surface area contributed by atoms with Crippen molar-refractivity contribution in [3.63, 3.8) is 0 Å². The maximum absolute atomic E-state index is 9.88. The van der Waals surface area contributed by atoms with E-state index in [-0.39, 0.29) is 0 Å². The first-order valence-corrected chi connectivity index (χ1v) is 3.06. The molecule has 0 N–H and O–H groups in total. The monoisotopic (exact) mass is 153 g/mol. The first-order chi connectivity index (χ1) is 5.20. The Balaban J connectivity index is 2.79. The van der Waals surface area contributed by atoms with Gasteiger partial charge >= 0.3 is 0 Å². The summed E-state index contributed by atoms with van der Waals surface area (Å²) in [6, 6.07) is 1.75. The molecule has 0 aliphatic heterocycles. The third-order valence-electron chi connectivity index (χ3n) is 1.25. The normalized spacial score (nSPS) is 10.6. The van der Waals surface area contributed by atoms with Crippen LogP contribution in [0.4, 0.5) is 0 Å². The first kappa shape index (κ1) is 7.53. The number of furan rings is 1. The second kappa shape index (κ2) is 3.01. The summed E-state index contributed by atoms with van der Waals surface area (Å²) in [5.41, 5.74) is 0.892. The maximum atomic E-state index is 9.88. The molecule has 0 saturated carbocycles. The molecule has 0 amide bonds. The van der Waals surface area contributed by atoms with Crippen molar-refractivity contribution in [2.45, 2.75) is 6.92 Å². The lowest BCUT2D eigenvalue weighted by molar-refractivity contribution is -0.401. The van der Waals surface area contributed by atoms with Crippen LogP contribution in [0.15, 0.2) is 22.9 Å². The van der Waals surface area contributed by atoms with Gasteiger partial charge in [-0.05, 0) is 18.6 Å². The minimum absolute atomic E-state index is 0.526. The molecule has 0 unspecified atom stereocenters. The van der Waals surface area contributed by atoms with E-state index >= 15 is 0 Å². The van der Waals surface area contributed by atoms with Gasteiger partial charge in [0.2, 0.25) is 6.20 Å². The molecule has 0 atom stereocenters. The first-order valence-electron chi connectivity index (χ1n) is 3.06. The summed E-state index contributed by atoms with van der Waals surface area (Å²) >= 11 is 0. The fraction of sp³-hybridized carbons (Fsp3) is 0.143. The fourth-order valence-corrected chi connectivity index (χ4v) is 0.684. The van der Waals surface area contributed by atoms with Crippen molar-refractivity contribution >= 4 is 6.08 Å². The number of rotatable bonds is 2. The number of aryl methyl sites for hydroxylation is 1. The van der Waals surface area contributed by atoms with Crippen molar-refractivity contribution in [2.24, 2.45) is 0 Å². The second-order valence-corrected chi connectivity index (χ2v) is 2.07. The molecule has 0 radical (unpaired) electrons. The highest BCUT2D eigenvalue weighted by molar-refractivity contribution is 5.45. The van der Waals surface area contributed by atoms with Gasteiger partial charge in [-0.1, -0.05) is 0 Å². The Morgan fingerprint density at radius 1 is 1.73 bits per heavy atom. The van der Waals surface area contributed by atoms with Gasteiger partial charge in [-0.15, -0.1) is 0 Å². The zero-order chi connectivity index (χ0) is 8.27. The Morgan fingerprint density at radius 3 is 2.91 bits per heavy atom. The molecule has 0 spiro atoms. The minimum atomic E-state index is -0.526. The Kier molecular flexibility index (Phi) is 2.06. The highest BCUT2D eigenvalue weighted by atomic mass is 16.6. The topological polar surface area (TPSA) is 56.3 Å². The summed E-state index contributed by atoms with van der Waals surface area (Å²) in [5.74, 6) is 0.529. The standard InChI is InChI=1S/C7H7NO3/c1-6-3-5-11-7(6)2-4-8(9)10/h2-5H,1H3/b4-2+. The Bertz CT molecular complexity index is 288. The molecular formula is C7H7NO3. The van der Waals surface area contributed by atoms with Gasteiger partial charge in [0.25, 0.3) is 0 Å². The van der Waals surface area contributed by atoms with Crippen LogP contribution in [0.25, 0.3) is 6.08 Å². The highest BCUT2D eigenvalue weighted by Gasteiger charge is 1.97. The molecule has 0 fully saturated rings. The third-order valence-corrected chi connectivity index (χ3v) is 1.25. The van der Waals surface area contributed by atoms with E-state index in [1.807, 2.05) is 6.92 Å². The van der Waals surface area contributed by atoms with Crippen molar-refractivity contribution in [2.75, 3.05) is 0 Å². The van der Waals surface area contributed by atoms with Gasteiger partial charge in [-0.2, -0.15) is 0 Å². The molecule has 0 saturated heterocycles. The predicted molar refractivity (Wildman–Crippen MR) is 39.5 cm³/mol. The van der Waals surface area contributed by atoms with E-state index in [0.29, 0.717) is 5.76 Å². The number of hydrogen-bond donors (Lipinski definition) is 0.